The second-order valence-electron chi connectivity index (χ2n) is 4.83. The van der Waals surface area contributed by atoms with Crippen LogP contribution in [-0.4, -0.2) is 10.4 Å². The van der Waals surface area contributed by atoms with Gasteiger partial charge in [0, 0.05) is 30.4 Å². The summed E-state index contributed by atoms with van der Waals surface area (Å²) in [7, 11) is 0. The van der Waals surface area contributed by atoms with Crippen LogP contribution in [-0.2, 0) is 13.0 Å². The number of aromatic nitrogens is 1. The van der Waals surface area contributed by atoms with E-state index in [1.165, 1.54) is 6.07 Å². The Morgan fingerprint density at radius 3 is 2.74 bits per heavy atom. The van der Waals surface area contributed by atoms with E-state index >= 15 is 0 Å². The molecule has 19 heavy (non-hydrogen) atoms. The lowest BCUT2D eigenvalue weighted by molar-refractivity contribution is 0.0972. The van der Waals surface area contributed by atoms with E-state index in [0.717, 1.165) is 30.2 Å². The molecule has 0 saturated heterocycles. The first-order valence-electron chi connectivity index (χ1n) is 6.30. The smallest absolute Gasteiger partial charge is 0.164 e. The number of carbonyl (C=O) groups is 1. The predicted molar refractivity (Wildman–Crippen MR) is 67.2 cm³/mol. The minimum Gasteiger partial charge on any atom is -0.346 e. The van der Waals surface area contributed by atoms with Crippen molar-refractivity contribution in [2.75, 3.05) is 0 Å². The molecular formula is C15H13F2NO. The van der Waals surface area contributed by atoms with Gasteiger partial charge in [-0.3, -0.25) is 4.79 Å². The van der Waals surface area contributed by atoms with Crippen LogP contribution in [0, 0.1) is 11.6 Å². The summed E-state index contributed by atoms with van der Waals surface area (Å²) in [5, 5.41) is 0. The predicted octanol–water partition coefficient (Wildman–Crippen LogP) is 3.33. The van der Waals surface area contributed by atoms with Crippen LogP contribution in [0.5, 0.6) is 0 Å². The highest BCUT2D eigenvalue weighted by atomic mass is 19.2. The van der Waals surface area contributed by atoms with E-state index < -0.39 is 11.6 Å². The number of nitrogens with zero attached hydrogens (tertiary/aromatic N) is 1. The molecule has 0 bridgehead atoms. The lowest BCUT2D eigenvalue weighted by atomic mass is 9.97. The van der Waals surface area contributed by atoms with Crippen molar-refractivity contribution in [3.8, 4) is 0 Å². The van der Waals surface area contributed by atoms with Gasteiger partial charge in [-0.2, -0.15) is 0 Å². The minimum atomic E-state index is -0.839. The quantitative estimate of drug-likeness (QED) is 0.812. The zero-order chi connectivity index (χ0) is 13.4. The van der Waals surface area contributed by atoms with Gasteiger partial charge in [-0.05, 0) is 36.6 Å². The van der Waals surface area contributed by atoms with Crippen LogP contribution >= 0.6 is 0 Å². The largest absolute Gasteiger partial charge is 0.346 e. The Morgan fingerprint density at radius 1 is 1.11 bits per heavy atom. The Labute approximate surface area is 109 Å². The summed E-state index contributed by atoms with van der Waals surface area (Å²) < 4.78 is 28.0. The van der Waals surface area contributed by atoms with Gasteiger partial charge in [0.15, 0.2) is 17.4 Å². The molecule has 0 unspecified atom stereocenters. The summed E-state index contributed by atoms with van der Waals surface area (Å²) in [5.41, 5.74) is 2.46. The first-order chi connectivity index (χ1) is 9.15. The van der Waals surface area contributed by atoms with E-state index in [-0.39, 0.29) is 5.78 Å². The van der Waals surface area contributed by atoms with E-state index in [9.17, 15) is 13.6 Å². The molecule has 0 radical (unpaired) electrons. The fourth-order valence-corrected chi connectivity index (χ4v) is 2.57. The lowest BCUT2D eigenvalue weighted by Crippen LogP contribution is -2.13. The van der Waals surface area contributed by atoms with Gasteiger partial charge in [-0.25, -0.2) is 8.78 Å². The van der Waals surface area contributed by atoms with E-state index in [4.69, 9.17) is 0 Å². The number of carbonyl (C=O) groups excluding carboxylic acids is 1. The molecule has 0 spiro atoms. The maximum atomic E-state index is 13.2. The average molecular weight is 261 g/mol. The maximum absolute atomic E-state index is 13.2. The zero-order valence-electron chi connectivity index (χ0n) is 10.3. The summed E-state index contributed by atoms with van der Waals surface area (Å²) in [6, 6.07) is 5.71. The highest BCUT2D eigenvalue weighted by Crippen LogP contribution is 2.23. The van der Waals surface area contributed by atoms with Crippen LogP contribution in [0.4, 0.5) is 8.78 Å². The Morgan fingerprint density at radius 2 is 1.95 bits per heavy atom. The number of fused-ring (bicyclic) bond motifs is 1. The molecule has 1 aromatic carbocycles. The third kappa shape index (κ3) is 2.18. The number of halogens is 2. The van der Waals surface area contributed by atoms with Crippen molar-refractivity contribution in [1.29, 1.82) is 0 Å². The van der Waals surface area contributed by atoms with Crippen molar-refractivity contribution in [3.63, 3.8) is 0 Å². The fraction of sp³-hybridized carbons (Fsp3) is 0.267. The first-order valence-corrected chi connectivity index (χ1v) is 6.30. The molecule has 0 N–H and O–H groups in total. The summed E-state index contributed by atoms with van der Waals surface area (Å²) in [6.45, 7) is 0.458. The number of benzene rings is 1. The van der Waals surface area contributed by atoms with Gasteiger partial charge in [0.25, 0.3) is 0 Å². The fourth-order valence-electron chi connectivity index (χ4n) is 2.57. The molecule has 0 saturated carbocycles. The zero-order valence-corrected chi connectivity index (χ0v) is 10.3. The minimum absolute atomic E-state index is 0.172. The van der Waals surface area contributed by atoms with Crippen LogP contribution < -0.4 is 0 Å². The Hall–Kier alpha value is -1.97. The van der Waals surface area contributed by atoms with E-state index in [1.54, 1.807) is 6.07 Å². The highest BCUT2D eigenvalue weighted by molar-refractivity contribution is 5.98. The molecule has 1 aliphatic carbocycles. The monoisotopic (exact) mass is 261 g/mol. The highest BCUT2D eigenvalue weighted by Gasteiger charge is 2.20. The van der Waals surface area contributed by atoms with Gasteiger partial charge in [0.05, 0.1) is 0 Å². The number of hydrogen-bond donors (Lipinski definition) is 0. The molecular weight excluding hydrogens is 248 g/mol. The van der Waals surface area contributed by atoms with Crippen molar-refractivity contribution in [3.05, 3.63) is 58.9 Å². The molecule has 4 heteroatoms. The second kappa shape index (κ2) is 4.61. The van der Waals surface area contributed by atoms with Gasteiger partial charge in [-0.1, -0.05) is 6.07 Å². The van der Waals surface area contributed by atoms with Gasteiger partial charge < -0.3 is 4.57 Å². The standard InChI is InChI=1S/C15H13F2NO/c16-12-5-4-10(8-13(12)17)9-18-7-6-11-14(18)2-1-3-15(11)19/h4-8H,1-3,9H2. The molecule has 3 rings (SSSR count). The molecule has 2 aromatic rings. The van der Waals surface area contributed by atoms with Crippen molar-refractivity contribution in [1.82, 2.24) is 4.57 Å². The van der Waals surface area contributed by atoms with Gasteiger partial charge >= 0.3 is 0 Å². The second-order valence-corrected chi connectivity index (χ2v) is 4.83. The number of ketones is 1. The number of Topliss-reactive ketones (excluding diaryl/α,β-unsaturated/α-hetero) is 1. The summed E-state index contributed by atoms with van der Waals surface area (Å²) in [4.78, 5) is 11.7. The SMILES string of the molecule is O=C1CCCc2c1ccn2Cc1ccc(F)c(F)c1. The molecule has 1 heterocycles. The Kier molecular flexibility index (Phi) is 2.93. The topological polar surface area (TPSA) is 22.0 Å². The Bertz CT molecular complexity index is 646. The average Bonchev–Trinajstić information content (AvgIpc) is 2.79. The summed E-state index contributed by atoms with van der Waals surface area (Å²) in [5.74, 6) is -1.51. The third-order valence-electron chi connectivity index (χ3n) is 3.53. The van der Waals surface area contributed by atoms with Crippen molar-refractivity contribution in [2.24, 2.45) is 0 Å². The Balaban J connectivity index is 1.91. The molecule has 1 aromatic heterocycles. The molecule has 1 aliphatic rings. The van der Waals surface area contributed by atoms with Crippen molar-refractivity contribution < 1.29 is 13.6 Å². The summed E-state index contributed by atoms with van der Waals surface area (Å²) >= 11 is 0. The van der Waals surface area contributed by atoms with Gasteiger partial charge in [0.1, 0.15) is 0 Å². The summed E-state index contributed by atoms with van der Waals surface area (Å²) in [6.07, 6.45) is 4.16. The maximum Gasteiger partial charge on any atom is 0.164 e. The van der Waals surface area contributed by atoms with Crippen LogP contribution in [0.25, 0.3) is 0 Å². The van der Waals surface area contributed by atoms with E-state index in [2.05, 4.69) is 0 Å². The molecule has 0 atom stereocenters. The molecule has 2 nitrogen and oxygen atoms in total. The van der Waals surface area contributed by atoms with Gasteiger partial charge in [0.2, 0.25) is 0 Å². The van der Waals surface area contributed by atoms with Crippen LogP contribution in [0.1, 0.15) is 34.5 Å². The van der Waals surface area contributed by atoms with E-state index in [0.29, 0.717) is 18.5 Å². The van der Waals surface area contributed by atoms with Crippen molar-refractivity contribution >= 4 is 5.78 Å². The van der Waals surface area contributed by atoms with Crippen LogP contribution in [0.2, 0.25) is 0 Å². The number of hydrogen-bond acceptors (Lipinski definition) is 1. The lowest BCUT2D eigenvalue weighted by Gasteiger charge is -2.15. The number of rotatable bonds is 2. The molecule has 0 amide bonds. The third-order valence-corrected chi connectivity index (χ3v) is 3.53. The molecule has 0 aliphatic heterocycles. The normalized spacial score (nSPS) is 14.5. The van der Waals surface area contributed by atoms with Crippen LogP contribution in [0.15, 0.2) is 30.5 Å². The van der Waals surface area contributed by atoms with Crippen LogP contribution in [0.3, 0.4) is 0 Å². The molecule has 0 fully saturated rings. The molecule has 98 valence electrons. The van der Waals surface area contributed by atoms with E-state index in [1.807, 2.05) is 16.8 Å². The van der Waals surface area contributed by atoms with Crippen molar-refractivity contribution in [2.45, 2.75) is 25.8 Å². The first kappa shape index (κ1) is 12.1. The van der Waals surface area contributed by atoms with Gasteiger partial charge in [-0.15, -0.1) is 0 Å².